The fourth-order valence-electron chi connectivity index (χ4n) is 1.17. The zero-order valence-corrected chi connectivity index (χ0v) is 10.8. The maximum Gasteiger partial charge on any atom is 0.226 e. The highest BCUT2D eigenvalue weighted by Crippen LogP contribution is 2.23. The van der Waals surface area contributed by atoms with Crippen molar-refractivity contribution in [3.05, 3.63) is 10.6 Å². The van der Waals surface area contributed by atoms with Gasteiger partial charge in [0.15, 0.2) is 5.13 Å². The van der Waals surface area contributed by atoms with Crippen molar-refractivity contribution in [3.63, 3.8) is 0 Å². The molecule has 0 radical (unpaired) electrons. The minimum Gasteiger partial charge on any atom is -0.302 e. The van der Waals surface area contributed by atoms with Gasteiger partial charge in [-0.15, -0.1) is 11.3 Å². The molecule has 0 unspecified atom stereocenters. The van der Waals surface area contributed by atoms with E-state index in [4.69, 9.17) is 0 Å². The standard InChI is InChI=1S/C11H18N2OS/c1-7-8(2)15-10(12-7)13-9(14)6-11(3,4)5/h6H2,1-5H3,(H,12,13,14). The summed E-state index contributed by atoms with van der Waals surface area (Å²) in [5.41, 5.74) is 1.01. The van der Waals surface area contributed by atoms with Gasteiger partial charge < -0.3 is 5.32 Å². The van der Waals surface area contributed by atoms with Gasteiger partial charge in [-0.05, 0) is 19.3 Å². The van der Waals surface area contributed by atoms with Crippen LogP contribution in [0.4, 0.5) is 5.13 Å². The van der Waals surface area contributed by atoms with E-state index in [1.54, 1.807) is 0 Å². The number of nitrogens with zero attached hydrogens (tertiary/aromatic N) is 1. The second-order valence-corrected chi connectivity index (χ2v) is 6.15. The molecule has 0 saturated carbocycles. The van der Waals surface area contributed by atoms with Crippen molar-refractivity contribution >= 4 is 22.4 Å². The fourth-order valence-corrected chi connectivity index (χ4v) is 2.00. The maximum absolute atomic E-state index is 11.6. The van der Waals surface area contributed by atoms with E-state index in [9.17, 15) is 4.79 Å². The van der Waals surface area contributed by atoms with Gasteiger partial charge in [0.25, 0.3) is 0 Å². The summed E-state index contributed by atoms with van der Waals surface area (Å²) in [7, 11) is 0. The van der Waals surface area contributed by atoms with E-state index >= 15 is 0 Å². The predicted molar refractivity (Wildman–Crippen MR) is 64.3 cm³/mol. The van der Waals surface area contributed by atoms with Gasteiger partial charge in [0, 0.05) is 11.3 Å². The van der Waals surface area contributed by atoms with E-state index in [1.807, 2.05) is 34.6 Å². The highest BCUT2D eigenvalue weighted by atomic mass is 32.1. The van der Waals surface area contributed by atoms with Crippen molar-refractivity contribution in [3.8, 4) is 0 Å². The van der Waals surface area contributed by atoms with E-state index in [2.05, 4.69) is 10.3 Å². The molecule has 0 atom stereocenters. The largest absolute Gasteiger partial charge is 0.302 e. The first-order chi connectivity index (χ1) is 6.78. The Morgan fingerprint density at radius 3 is 2.40 bits per heavy atom. The summed E-state index contributed by atoms with van der Waals surface area (Å²) in [6, 6.07) is 0. The summed E-state index contributed by atoms with van der Waals surface area (Å²) in [6.45, 7) is 10.1. The number of amides is 1. The zero-order valence-electron chi connectivity index (χ0n) is 9.97. The van der Waals surface area contributed by atoms with Gasteiger partial charge in [-0.25, -0.2) is 4.98 Å². The number of anilines is 1. The summed E-state index contributed by atoms with van der Waals surface area (Å²) in [5.74, 6) is 0.0382. The summed E-state index contributed by atoms with van der Waals surface area (Å²) in [5, 5.41) is 3.54. The molecule has 0 aliphatic carbocycles. The molecular weight excluding hydrogens is 208 g/mol. The number of hydrogen-bond donors (Lipinski definition) is 1. The molecule has 0 saturated heterocycles. The summed E-state index contributed by atoms with van der Waals surface area (Å²) >= 11 is 1.53. The van der Waals surface area contributed by atoms with Crippen LogP contribution in [0, 0.1) is 19.3 Å². The Bertz CT molecular complexity index is 344. The summed E-state index contributed by atoms with van der Waals surface area (Å²) in [6.07, 6.45) is 0.519. The van der Waals surface area contributed by atoms with Gasteiger partial charge in [-0.3, -0.25) is 4.79 Å². The monoisotopic (exact) mass is 226 g/mol. The van der Waals surface area contributed by atoms with Gasteiger partial charge in [0.2, 0.25) is 5.91 Å². The van der Waals surface area contributed by atoms with Crippen molar-refractivity contribution in [2.45, 2.75) is 41.0 Å². The van der Waals surface area contributed by atoms with Crippen molar-refractivity contribution in [2.75, 3.05) is 5.32 Å². The Kier molecular flexibility index (Phi) is 3.50. The number of thiazole rings is 1. The zero-order chi connectivity index (χ0) is 11.6. The second kappa shape index (κ2) is 4.31. The molecule has 0 aliphatic heterocycles. The van der Waals surface area contributed by atoms with Crippen LogP contribution >= 0.6 is 11.3 Å². The molecular formula is C11H18N2OS. The Hall–Kier alpha value is -0.900. The lowest BCUT2D eigenvalue weighted by atomic mass is 9.92. The molecule has 1 rings (SSSR count). The quantitative estimate of drug-likeness (QED) is 0.841. The van der Waals surface area contributed by atoms with Crippen molar-refractivity contribution in [1.82, 2.24) is 4.98 Å². The molecule has 0 aromatic carbocycles. The van der Waals surface area contributed by atoms with Crippen molar-refractivity contribution < 1.29 is 4.79 Å². The van der Waals surface area contributed by atoms with E-state index in [1.165, 1.54) is 11.3 Å². The third kappa shape index (κ3) is 4.00. The average Bonchev–Trinajstić information content (AvgIpc) is 2.26. The first-order valence-electron chi connectivity index (χ1n) is 5.02. The molecule has 1 aromatic rings. The van der Waals surface area contributed by atoms with Crippen LogP contribution in [0.5, 0.6) is 0 Å². The lowest BCUT2D eigenvalue weighted by Gasteiger charge is -2.16. The number of carbonyl (C=O) groups is 1. The molecule has 0 fully saturated rings. The van der Waals surface area contributed by atoms with Gasteiger partial charge >= 0.3 is 0 Å². The molecule has 1 heterocycles. The van der Waals surface area contributed by atoms with Crippen molar-refractivity contribution in [2.24, 2.45) is 5.41 Å². The van der Waals surface area contributed by atoms with Crippen LogP contribution in [-0.4, -0.2) is 10.9 Å². The minimum absolute atomic E-state index is 0.0193. The molecule has 1 amide bonds. The molecule has 4 heteroatoms. The van der Waals surface area contributed by atoms with Crippen molar-refractivity contribution in [1.29, 1.82) is 0 Å². The van der Waals surface area contributed by atoms with E-state index in [-0.39, 0.29) is 11.3 Å². The van der Waals surface area contributed by atoms with Gasteiger partial charge in [0.1, 0.15) is 0 Å². The number of hydrogen-bond acceptors (Lipinski definition) is 3. The van der Waals surface area contributed by atoms with E-state index in [0.29, 0.717) is 11.6 Å². The van der Waals surface area contributed by atoms with Crippen LogP contribution < -0.4 is 5.32 Å². The molecule has 84 valence electrons. The first-order valence-corrected chi connectivity index (χ1v) is 5.83. The molecule has 3 nitrogen and oxygen atoms in total. The topological polar surface area (TPSA) is 42.0 Å². The number of carbonyl (C=O) groups excluding carboxylic acids is 1. The van der Waals surface area contributed by atoms with Crippen LogP contribution in [0.2, 0.25) is 0 Å². The highest BCUT2D eigenvalue weighted by Gasteiger charge is 2.17. The number of rotatable bonds is 2. The Morgan fingerprint density at radius 2 is 2.00 bits per heavy atom. The van der Waals surface area contributed by atoms with Crippen LogP contribution in [0.25, 0.3) is 0 Å². The fraction of sp³-hybridized carbons (Fsp3) is 0.636. The average molecular weight is 226 g/mol. The molecule has 0 aliphatic rings. The Balaban J connectivity index is 2.59. The van der Waals surface area contributed by atoms with Gasteiger partial charge in [0.05, 0.1) is 5.69 Å². The lowest BCUT2D eigenvalue weighted by molar-refractivity contribution is -0.117. The van der Waals surface area contributed by atoms with Crippen LogP contribution in [0.3, 0.4) is 0 Å². The minimum atomic E-state index is 0.0193. The summed E-state index contributed by atoms with van der Waals surface area (Å²) in [4.78, 5) is 17.0. The third-order valence-corrected chi connectivity index (χ3v) is 2.95. The van der Waals surface area contributed by atoms with Crippen LogP contribution in [-0.2, 0) is 4.79 Å². The maximum atomic E-state index is 11.6. The molecule has 0 bridgehead atoms. The highest BCUT2D eigenvalue weighted by molar-refractivity contribution is 7.15. The van der Waals surface area contributed by atoms with Gasteiger partial charge in [-0.2, -0.15) is 0 Å². The third-order valence-electron chi connectivity index (χ3n) is 1.97. The summed E-state index contributed by atoms with van der Waals surface area (Å²) < 4.78 is 0. The second-order valence-electron chi connectivity index (χ2n) is 4.95. The van der Waals surface area contributed by atoms with E-state index in [0.717, 1.165) is 10.6 Å². The first kappa shape index (κ1) is 12.2. The molecule has 1 aromatic heterocycles. The van der Waals surface area contributed by atoms with E-state index < -0.39 is 0 Å². The Labute approximate surface area is 94.9 Å². The molecule has 15 heavy (non-hydrogen) atoms. The lowest BCUT2D eigenvalue weighted by Crippen LogP contribution is -2.19. The van der Waals surface area contributed by atoms with Crippen LogP contribution in [0.15, 0.2) is 0 Å². The molecule has 1 N–H and O–H groups in total. The number of nitrogens with one attached hydrogen (secondary N) is 1. The predicted octanol–water partition coefficient (Wildman–Crippen LogP) is 3.13. The molecule has 0 spiro atoms. The SMILES string of the molecule is Cc1nc(NC(=O)CC(C)(C)C)sc1C. The normalized spacial score (nSPS) is 11.5. The smallest absolute Gasteiger partial charge is 0.226 e. The van der Waals surface area contributed by atoms with Gasteiger partial charge in [-0.1, -0.05) is 20.8 Å². The Morgan fingerprint density at radius 1 is 1.40 bits per heavy atom. The number of aromatic nitrogens is 1. The van der Waals surface area contributed by atoms with Crippen LogP contribution in [0.1, 0.15) is 37.8 Å². The number of aryl methyl sites for hydroxylation is 2.